The molecule has 1 aromatic rings. The molecule has 0 bridgehead atoms. The van der Waals surface area contributed by atoms with Crippen LogP contribution < -0.4 is 0 Å². The molecule has 1 atom stereocenters. The van der Waals surface area contributed by atoms with Gasteiger partial charge in [0.15, 0.2) is 0 Å². The van der Waals surface area contributed by atoms with Crippen LogP contribution in [0, 0.1) is 0 Å². The molecule has 0 aliphatic heterocycles. The second-order valence-electron chi connectivity index (χ2n) is 4.02. The Morgan fingerprint density at radius 2 is 1.94 bits per heavy atom. The van der Waals surface area contributed by atoms with Gasteiger partial charge in [0.1, 0.15) is 0 Å². The number of aliphatic hydroxyl groups excluding tert-OH is 1. The van der Waals surface area contributed by atoms with Crippen molar-refractivity contribution in [1.82, 2.24) is 4.90 Å². The predicted octanol–water partition coefficient (Wildman–Crippen LogP) is 2.85. The standard InChI is InChI=1S/C13H15Cl2NO2/c1-9(8-17)16(2)13(18)4-3-10-5-11(14)7-12(15)6-10/h3-7,9,17H,8H2,1-2H3/b4-3+. The summed E-state index contributed by atoms with van der Waals surface area (Å²) in [5.74, 6) is -0.187. The molecular weight excluding hydrogens is 273 g/mol. The highest BCUT2D eigenvalue weighted by molar-refractivity contribution is 6.34. The number of carbonyl (C=O) groups is 1. The molecule has 1 unspecified atom stereocenters. The van der Waals surface area contributed by atoms with Crippen LogP contribution >= 0.6 is 23.2 Å². The minimum Gasteiger partial charge on any atom is -0.394 e. The topological polar surface area (TPSA) is 40.5 Å². The van der Waals surface area contributed by atoms with E-state index < -0.39 is 0 Å². The maximum absolute atomic E-state index is 11.7. The van der Waals surface area contributed by atoms with Crippen LogP contribution in [0.2, 0.25) is 10.0 Å². The first kappa shape index (κ1) is 15.0. The quantitative estimate of drug-likeness (QED) is 0.865. The zero-order valence-electron chi connectivity index (χ0n) is 10.2. The van der Waals surface area contributed by atoms with Gasteiger partial charge in [0.05, 0.1) is 12.6 Å². The average Bonchev–Trinajstić information content (AvgIpc) is 2.32. The van der Waals surface area contributed by atoms with Crippen LogP contribution in [0.3, 0.4) is 0 Å². The number of hydrogen-bond acceptors (Lipinski definition) is 2. The number of nitrogens with zero attached hydrogens (tertiary/aromatic N) is 1. The molecule has 0 aliphatic rings. The van der Waals surface area contributed by atoms with E-state index in [4.69, 9.17) is 28.3 Å². The van der Waals surface area contributed by atoms with Gasteiger partial charge >= 0.3 is 0 Å². The fourth-order valence-electron chi connectivity index (χ4n) is 1.30. The minimum absolute atomic E-state index is 0.0704. The Kier molecular flexibility index (Phi) is 5.66. The molecule has 0 fully saturated rings. The molecule has 0 spiro atoms. The van der Waals surface area contributed by atoms with E-state index in [0.717, 1.165) is 5.56 Å². The summed E-state index contributed by atoms with van der Waals surface area (Å²) in [6.07, 6.45) is 3.06. The number of carbonyl (C=O) groups excluding carboxylic acids is 1. The van der Waals surface area contributed by atoms with Gasteiger partial charge in [-0.1, -0.05) is 23.2 Å². The molecule has 0 heterocycles. The van der Waals surface area contributed by atoms with Gasteiger partial charge in [-0.15, -0.1) is 0 Å². The van der Waals surface area contributed by atoms with Crippen molar-refractivity contribution in [1.29, 1.82) is 0 Å². The Hall–Kier alpha value is -1.03. The first-order valence-electron chi connectivity index (χ1n) is 5.46. The maximum Gasteiger partial charge on any atom is 0.246 e. The van der Waals surface area contributed by atoms with Gasteiger partial charge in [-0.25, -0.2) is 0 Å². The summed E-state index contributed by atoms with van der Waals surface area (Å²) < 4.78 is 0. The van der Waals surface area contributed by atoms with Crippen molar-refractivity contribution < 1.29 is 9.90 Å². The van der Waals surface area contributed by atoms with Gasteiger partial charge in [0.2, 0.25) is 5.91 Å². The molecule has 1 N–H and O–H groups in total. The summed E-state index contributed by atoms with van der Waals surface area (Å²) in [6.45, 7) is 1.70. The lowest BCUT2D eigenvalue weighted by Gasteiger charge is -2.21. The van der Waals surface area contributed by atoms with E-state index in [1.165, 1.54) is 11.0 Å². The summed E-state index contributed by atoms with van der Waals surface area (Å²) in [6, 6.07) is 4.84. The van der Waals surface area contributed by atoms with Crippen molar-refractivity contribution >= 4 is 35.2 Å². The lowest BCUT2D eigenvalue weighted by molar-refractivity contribution is -0.127. The minimum atomic E-state index is -0.218. The van der Waals surface area contributed by atoms with Crippen molar-refractivity contribution in [2.45, 2.75) is 13.0 Å². The highest BCUT2D eigenvalue weighted by Crippen LogP contribution is 2.19. The molecule has 0 saturated heterocycles. The Morgan fingerprint density at radius 3 is 2.44 bits per heavy atom. The third kappa shape index (κ3) is 4.33. The van der Waals surface area contributed by atoms with E-state index in [-0.39, 0.29) is 18.6 Å². The monoisotopic (exact) mass is 287 g/mol. The van der Waals surface area contributed by atoms with Gasteiger partial charge in [0, 0.05) is 23.2 Å². The van der Waals surface area contributed by atoms with E-state index in [1.54, 1.807) is 38.2 Å². The number of rotatable bonds is 4. The second kappa shape index (κ2) is 6.78. The van der Waals surface area contributed by atoms with E-state index in [1.807, 2.05) is 0 Å². The van der Waals surface area contributed by atoms with Crippen LogP contribution in [0.1, 0.15) is 12.5 Å². The lowest BCUT2D eigenvalue weighted by Crippen LogP contribution is -2.36. The molecule has 5 heteroatoms. The molecule has 3 nitrogen and oxygen atoms in total. The highest BCUT2D eigenvalue weighted by atomic mass is 35.5. The summed E-state index contributed by atoms with van der Waals surface area (Å²) in [5, 5.41) is 10.00. The van der Waals surface area contributed by atoms with Crippen LogP contribution in [0.25, 0.3) is 6.08 Å². The summed E-state index contributed by atoms with van der Waals surface area (Å²) in [5.41, 5.74) is 0.755. The van der Waals surface area contributed by atoms with Crippen molar-refractivity contribution in [3.8, 4) is 0 Å². The first-order chi connectivity index (χ1) is 8.43. The average molecular weight is 288 g/mol. The molecule has 18 heavy (non-hydrogen) atoms. The van der Waals surface area contributed by atoms with Crippen LogP contribution in [-0.2, 0) is 4.79 Å². The lowest BCUT2D eigenvalue weighted by atomic mass is 10.2. The Morgan fingerprint density at radius 1 is 1.39 bits per heavy atom. The third-order valence-corrected chi connectivity index (χ3v) is 3.01. The number of aliphatic hydroxyl groups is 1. The number of benzene rings is 1. The SMILES string of the molecule is CC(CO)N(C)C(=O)/C=C/c1cc(Cl)cc(Cl)c1. The van der Waals surface area contributed by atoms with Crippen LogP contribution in [0.5, 0.6) is 0 Å². The number of likely N-dealkylation sites (N-methyl/N-ethyl adjacent to an activating group) is 1. The predicted molar refractivity (Wildman–Crippen MR) is 74.8 cm³/mol. The van der Waals surface area contributed by atoms with Crippen molar-refractivity contribution in [2.75, 3.05) is 13.7 Å². The van der Waals surface area contributed by atoms with E-state index in [2.05, 4.69) is 0 Å². The number of halogens is 2. The van der Waals surface area contributed by atoms with Crippen LogP contribution in [0.15, 0.2) is 24.3 Å². The van der Waals surface area contributed by atoms with Gasteiger partial charge in [-0.3, -0.25) is 4.79 Å². The number of hydrogen-bond donors (Lipinski definition) is 1. The van der Waals surface area contributed by atoms with Crippen molar-refractivity contribution in [3.05, 3.63) is 39.9 Å². The fraction of sp³-hybridized carbons (Fsp3) is 0.308. The van der Waals surface area contributed by atoms with Crippen molar-refractivity contribution in [3.63, 3.8) is 0 Å². The second-order valence-corrected chi connectivity index (χ2v) is 4.89. The Balaban J connectivity index is 2.77. The third-order valence-electron chi connectivity index (χ3n) is 2.58. The summed E-state index contributed by atoms with van der Waals surface area (Å²) in [7, 11) is 1.64. The van der Waals surface area contributed by atoms with E-state index in [9.17, 15) is 4.79 Å². The first-order valence-corrected chi connectivity index (χ1v) is 6.21. The zero-order chi connectivity index (χ0) is 13.7. The maximum atomic E-state index is 11.7. The molecular formula is C13H15Cl2NO2. The van der Waals surface area contributed by atoms with Crippen LogP contribution in [0.4, 0.5) is 0 Å². The summed E-state index contributed by atoms with van der Waals surface area (Å²) in [4.78, 5) is 13.2. The molecule has 1 amide bonds. The molecule has 0 radical (unpaired) electrons. The molecule has 0 saturated carbocycles. The smallest absolute Gasteiger partial charge is 0.246 e. The summed E-state index contributed by atoms with van der Waals surface area (Å²) >= 11 is 11.7. The fourth-order valence-corrected chi connectivity index (χ4v) is 1.84. The van der Waals surface area contributed by atoms with E-state index >= 15 is 0 Å². The Bertz CT molecular complexity index is 440. The molecule has 98 valence electrons. The van der Waals surface area contributed by atoms with E-state index in [0.29, 0.717) is 10.0 Å². The number of amides is 1. The largest absolute Gasteiger partial charge is 0.394 e. The normalized spacial score (nSPS) is 12.7. The molecule has 0 aliphatic carbocycles. The molecule has 1 aromatic carbocycles. The zero-order valence-corrected chi connectivity index (χ0v) is 11.7. The van der Waals surface area contributed by atoms with Crippen LogP contribution in [-0.4, -0.2) is 35.6 Å². The highest BCUT2D eigenvalue weighted by Gasteiger charge is 2.11. The molecule has 0 aromatic heterocycles. The van der Waals surface area contributed by atoms with Gasteiger partial charge in [-0.2, -0.15) is 0 Å². The Labute approximate surface area is 117 Å². The van der Waals surface area contributed by atoms with Gasteiger partial charge < -0.3 is 10.0 Å². The van der Waals surface area contributed by atoms with Gasteiger partial charge in [0.25, 0.3) is 0 Å². The molecule has 1 rings (SSSR count). The van der Waals surface area contributed by atoms with Crippen molar-refractivity contribution in [2.24, 2.45) is 0 Å². The van der Waals surface area contributed by atoms with Gasteiger partial charge in [-0.05, 0) is 36.8 Å².